The van der Waals surface area contributed by atoms with Crippen molar-refractivity contribution in [2.24, 2.45) is 5.92 Å². The highest BCUT2D eigenvalue weighted by molar-refractivity contribution is 5.76. The van der Waals surface area contributed by atoms with Crippen LogP contribution in [-0.2, 0) is 14.3 Å². The molecule has 0 aromatic heterocycles. The molecule has 2 N–H and O–H groups in total. The first kappa shape index (κ1) is 16.0. The lowest BCUT2D eigenvalue weighted by Gasteiger charge is -2.28. The van der Waals surface area contributed by atoms with Gasteiger partial charge < -0.3 is 15.4 Å². The molecule has 0 saturated heterocycles. The molecular weight excluding hydrogens is 244 g/mol. The Kier molecular flexibility index (Phi) is 7.48. The Morgan fingerprint density at radius 2 is 2.05 bits per heavy atom. The Labute approximate surface area is 115 Å². The summed E-state index contributed by atoms with van der Waals surface area (Å²) in [6.45, 7) is 5.54. The standard InChI is InChI=1S/C14H26N2O3/c1-3-15-13(17)8-9-16-12-7-5-6-11(10-12)14(18)19-4-2/h11-12,16H,3-10H2,1-2H3,(H,15,17). The highest BCUT2D eigenvalue weighted by atomic mass is 16.5. The molecule has 1 fully saturated rings. The van der Waals surface area contributed by atoms with Gasteiger partial charge in [-0.3, -0.25) is 9.59 Å². The Morgan fingerprint density at radius 1 is 1.26 bits per heavy atom. The van der Waals surface area contributed by atoms with Gasteiger partial charge in [0.25, 0.3) is 0 Å². The van der Waals surface area contributed by atoms with Gasteiger partial charge in [-0.25, -0.2) is 0 Å². The van der Waals surface area contributed by atoms with Crippen LogP contribution < -0.4 is 10.6 Å². The van der Waals surface area contributed by atoms with E-state index in [2.05, 4.69) is 10.6 Å². The summed E-state index contributed by atoms with van der Waals surface area (Å²) in [5, 5.41) is 6.14. The second kappa shape index (κ2) is 8.91. The average Bonchev–Trinajstić information content (AvgIpc) is 2.40. The lowest BCUT2D eigenvalue weighted by Crippen LogP contribution is -2.38. The maximum atomic E-state index is 11.7. The zero-order valence-corrected chi connectivity index (χ0v) is 12.0. The molecule has 1 rings (SSSR count). The first-order chi connectivity index (χ1) is 9.17. The van der Waals surface area contributed by atoms with E-state index in [4.69, 9.17) is 4.74 Å². The quantitative estimate of drug-likeness (QED) is 0.683. The minimum Gasteiger partial charge on any atom is -0.466 e. The summed E-state index contributed by atoms with van der Waals surface area (Å²) in [6, 6.07) is 0.331. The third-order valence-corrected chi connectivity index (χ3v) is 3.45. The fraction of sp³-hybridized carbons (Fsp3) is 0.857. The normalized spacial score (nSPS) is 22.8. The minimum atomic E-state index is -0.0715. The third kappa shape index (κ3) is 6.05. The van der Waals surface area contributed by atoms with Gasteiger partial charge in [0, 0.05) is 25.6 Å². The number of hydrogen-bond donors (Lipinski definition) is 2. The third-order valence-electron chi connectivity index (χ3n) is 3.45. The van der Waals surface area contributed by atoms with Crippen LogP contribution in [0.1, 0.15) is 46.0 Å². The molecule has 0 heterocycles. The van der Waals surface area contributed by atoms with Crippen molar-refractivity contribution in [2.75, 3.05) is 19.7 Å². The SMILES string of the molecule is CCNC(=O)CCNC1CCCC(C(=O)OCC)C1. The molecule has 0 bridgehead atoms. The second-order valence-electron chi connectivity index (χ2n) is 4.97. The topological polar surface area (TPSA) is 67.4 Å². The zero-order chi connectivity index (χ0) is 14.1. The molecule has 2 unspecified atom stereocenters. The van der Waals surface area contributed by atoms with Gasteiger partial charge in [0.2, 0.25) is 5.91 Å². The number of hydrogen-bond acceptors (Lipinski definition) is 4. The fourth-order valence-corrected chi connectivity index (χ4v) is 2.52. The van der Waals surface area contributed by atoms with E-state index < -0.39 is 0 Å². The summed E-state index contributed by atoms with van der Waals surface area (Å²) in [4.78, 5) is 23.0. The highest BCUT2D eigenvalue weighted by Crippen LogP contribution is 2.25. The van der Waals surface area contributed by atoms with Crippen molar-refractivity contribution < 1.29 is 14.3 Å². The molecule has 0 aromatic rings. The summed E-state index contributed by atoms with van der Waals surface area (Å²) in [7, 11) is 0. The van der Waals surface area contributed by atoms with Crippen LogP contribution in [0.5, 0.6) is 0 Å². The van der Waals surface area contributed by atoms with Crippen LogP contribution in [0.25, 0.3) is 0 Å². The predicted octanol–water partition coefficient (Wildman–Crippen LogP) is 1.22. The highest BCUT2D eigenvalue weighted by Gasteiger charge is 2.27. The lowest BCUT2D eigenvalue weighted by molar-refractivity contribution is -0.149. The van der Waals surface area contributed by atoms with E-state index in [-0.39, 0.29) is 17.8 Å². The molecule has 1 saturated carbocycles. The van der Waals surface area contributed by atoms with E-state index >= 15 is 0 Å². The molecule has 2 atom stereocenters. The number of nitrogens with one attached hydrogen (secondary N) is 2. The molecular formula is C14H26N2O3. The molecule has 0 aliphatic heterocycles. The average molecular weight is 270 g/mol. The smallest absolute Gasteiger partial charge is 0.308 e. The van der Waals surface area contributed by atoms with Gasteiger partial charge in [-0.2, -0.15) is 0 Å². The maximum absolute atomic E-state index is 11.7. The minimum absolute atomic E-state index is 0.0238. The molecule has 0 aromatic carbocycles. The fourth-order valence-electron chi connectivity index (χ4n) is 2.52. The van der Waals surface area contributed by atoms with Crippen molar-refractivity contribution >= 4 is 11.9 Å². The van der Waals surface area contributed by atoms with Crippen LogP contribution in [0.3, 0.4) is 0 Å². The van der Waals surface area contributed by atoms with Crippen molar-refractivity contribution in [2.45, 2.75) is 52.0 Å². The van der Waals surface area contributed by atoms with Crippen molar-refractivity contribution in [3.05, 3.63) is 0 Å². The van der Waals surface area contributed by atoms with Gasteiger partial charge in [0.15, 0.2) is 0 Å². The first-order valence-corrected chi connectivity index (χ1v) is 7.34. The van der Waals surface area contributed by atoms with Crippen molar-refractivity contribution in [1.29, 1.82) is 0 Å². The first-order valence-electron chi connectivity index (χ1n) is 7.34. The number of carbonyl (C=O) groups excluding carboxylic acids is 2. The number of rotatable bonds is 7. The number of amides is 1. The van der Waals surface area contributed by atoms with E-state index in [0.717, 1.165) is 25.7 Å². The van der Waals surface area contributed by atoms with Crippen LogP contribution in [0.15, 0.2) is 0 Å². The molecule has 1 amide bonds. The van der Waals surface area contributed by atoms with Crippen molar-refractivity contribution in [1.82, 2.24) is 10.6 Å². The Bertz CT molecular complexity index is 294. The van der Waals surface area contributed by atoms with Gasteiger partial charge in [0.1, 0.15) is 0 Å². The molecule has 0 radical (unpaired) electrons. The van der Waals surface area contributed by atoms with Gasteiger partial charge in [0.05, 0.1) is 12.5 Å². The molecule has 5 heteroatoms. The Morgan fingerprint density at radius 3 is 2.74 bits per heavy atom. The molecule has 1 aliphatic rings. The van der Waals surface area contributed by atoms with Gasteiger partial charge >= 0.3 is 5.97 Å². The number of esters is 1. The lowest BCUT2D eigenvalue weighted by atomic mass is 9.85. The van der Waals surface area contributed by atoms with Crippen LogP contribution in [-0.4, -0.2) is 37.6 Å². The van der Waals surface area contributed by atoms with Crippen LogP contribution in [0, 0.1) is 5.92 Å². The molecule has 1 aliphatic carbocycles. The largest absolute Gasteiger partial charge is 0.466 e. The maximum Gasteiger partial charge on any atom is 0.308 e. The summed E-state index contributed by atoms with van der Waals surface area (Å²) in [6.07, 6.45) is 4.36. The summed E-state index contributed by atoms with van der Waals surface area (Å²) in [5.74, 6) is 0.0288. The van der Waals surface area contributed by atoms with E-state index in [9.17, 15) is 9.59 Å². The van der Waals surface area contributed by atoms with Crippen LogP contribution >= 0.6 is 0 Å². The van der Waals surface area contributed by atoms with E-state index in [1.54, 1.807) is 0 Å². The van der Waals surface area contributed by atoms with Crippen LogP contribution in [0.4, 0.5) is 0 Å². The zero-order valence-electron chi connectivity index (χ0n) is 12.0. The summed E-state index contributed by atoms with van der Waals surface area (Å²) in [5.41, 5.74) is 0. The number of carbonyl (C=O) groups is 2. The summed E-state index contributed by atoms with van der Waals surface area (Å²) >= 11 is 0. The second-order valence-corrected chi connectivity index (χ2v) is 4.97. The Hall–Kier alpha value is -1.10. The molecule has 5 nitrogen and oxygen atoms in total. The van der Waals surface area contributed by atoms with Gasteiger partial charge in [-0.05, 0) is 33.1 Å². The molecule has 0 spiro atoms. The number of ether oxygens (including phenoxy) is 1. The monoisotopic (exact) mass is 270 g/mol. The van der Waals surface area contributed by atoms with E-state index in [1.807, 2.05) is 13.8 Å². The molecule has 19 heavy (non-hydrogen) atoms. The summed E-state index contributed by atoms with van der Waals surface area (Å²) < 4.78 is 5.07. The van der Waals surface area contributed by atoms with E-state index in [0.29, 0.717) is 32.2 Å². The molecule has 110 valence electrons. The van der Waals surface area contributed by atoms with Crippen molar-refractivity contribution in [3.63, 3.8) is 0 Å². The van der Waals surface area contributed by atoms with E-state index in [1.165, 1.54) is 0 Å². The predicted molar refractivity (Wildman–Crippen MR) is 73.7 cm³/mol. The van der Waals surface area contributed by atoms with Gasteiger partial charge in [-0.1, -0.05) is 6.42 Å². The van der Waals surface area contributed by atoms with Crippen LogP contribution in [0.2, 0.25) is 0 Å². The van der Waals surface area contributed by atoms with Crippen molar-refractivity contribution in [3.8, 4) is 0 Å². The Balaban J connectivity index is 2.23. The van der Waals surface area contributed by atoms with Gasteiger partial charge in [-0.15, -0.1) is 0 Å².